The molecule has 0 aliphatic carbocycles. The summed E-state index contributed by atoms with van der Waals surface area (Å²) in [4.78, 5) is 11.5. The summed E-state index contributed by atoms with van der Waals surface area (Å²) in [5.74, 6) is -0.704. The maximum absolute atomic E-state index is 12.3. The van der Waals surface area contributed by atoms with Gasteiger partial charge in [-0.1, -0.05) is 35.3 Å². The van der Waals surface area contributed by atoms with E-state index in [4.69, 9.17) is 23.2 Å². The van der Waals surface area contributed by atoms with E-state index in [-0.39, 0.29) is 22.0 Å². The molecular formula is C15H13Cl2NO4S. The first-order valence-corrected chi connectivity index (χ1v) is 8.69. The average Bonchev–Trinajstić information content (AvgIpc) is 2.54. The van der Waals surface area contributed by atoms with Crippen LogP contribution >= 0.6 is 23.2 Å². The third-order valence-corrected chi connectivity index (χ3v) is 5.01. The van der Waals surface area contributed by atoms with Crippen molar-refractivity contribution in [2.75, 3.05) is 7.11 Å². The van der Waals surface area contributed by atoms with Crippen molar-refractivity contribution in [3.8, 4) is 0 Å². The van der Waals surface area contributed by atoms with Crippen LogP contribution in [0.5, 0.6) is 0 Å². The van der Waals surface area contributed by atoms with E-state index in [1.54, 1.807) is 24.3 Å². The van der Waals surface area contributed by atoms with Crippen LogP contribution in [0.2, 0.25) is 10.0 Å². The highest BCUT2D eigenvalue weighted by Gasteiger charge is 2.19. The summed E-state index contributed by atoms with van der Waals surface area (Å²) < 4.78 is 31.7. The molecule has 0 spiro atoms. The van der Waals surface area contributed by atoms with Crippen LogP contribution in [0.1, 0.15) is 15.9 Å². The molecule has 0 bridgehead atoms. The molecule has 0 fully saturated rings. The van der Waals surface area contributed by atoms with E-state index >= 15 is 0 Å². The molecule has 0 saturated carbocycles. The smallest absolute Gasteiger partial charge is 0.339 e. The second kappa shape index (κ2) is 7.31. The summed E-state index contributed by atoms with van der Waals surface area (Å²) in [5.41, 5.74) is 0.740. The van der Waals surface area contributed by atoms with Crippen molar-refractivity contribution in [2.45, 2.75) is 11.4 Å². The van der Waals surface area contributed by atoms with E-state index in [2.05, 4.69) is 9.46 Å². The minimum atomic E-state index is -3.80. The minimum Gasteiger partial charge on any atom is -0.465 e. The number of rotatable bonds is 5. The molecule has 0 radical (unpaired) electrons. The van der Waals surface area contributed by atoms with E-state index in [9.17, 15) is 13.2 Å². The molecule has 0 heterocycles. The number of ether oxygens (including phenoxy) is 1. The molecule has 0 aromatic heterocycles. The maximum atomic E-state index is 12.3. The third-order valence-electron chi connectivity index (χ3n) is 3.03. The van der Waals surface area contributed by atoms with Gasteiger partial charge in [0.2, 0.25) is 10.0 Å². The second-order valence-electron chi connectivity index (χ2n) is 4.58. The number of carbonyl (C=O) groups is 1. The second-order valence-corrected chi connectivity index (χ2v) is 7.19. The number of hydrogen-bond acceptors (Lipinski definition) is 4. The lowest BCUT2D eigenvalue weighted by atomic mass is 10.2. The Bertz CT molecular complexity index is 820. The van der Waals surface area contributed by atoms with Gasteiger partial charge in [-0.05, 0) is 35.9 Å². The molecule has 0 atom stereocenters. The molecule has 0 saturated heterocycles. The molecule has 2 rings (SSSR count). The molecule has 0 unspecified atom stereocenters. The van der Waals surface area contributed by atoms with Crippen molar-refractivity contribution < 1.29 is 17.9 Å². The molecule has 23 heavy (non-hydrogen) atoms. The largest absolute Gasteiger partial charge is 0.465 e. The highest BCUT2D eigenvalue weighted by molar-refractivity contribution is 7.89. The number of benzene rings is 2. The zero-order valence-electron chi connectivity index (χ0n) is 12.0. The fraction of sp³-hybridized carbons (Fsp3) is 0.133. The lowest BCUT2D eigenvalue weighted by Gasteiger charge is -2.09. The van der Waals surface area contributed by atoms with Crippen LogP contribution in [0.3, 0.4) is 0 Å². The van der Waals surface area contributed by atoms with Gasteiger partial charge in [0, 0.05) is 11.6 Å². The summed E-state index contributed by atoms with van der Waals surface area (Å²) in [6.07, 6.45) is 0. The number of methoxy groups -OCH3 is 1. The molecule has 2 aromatic rings. The van der Waals surface area contributed by atoms with E-state index in [1.165, 1.54) is 25.3 Å². The lowest BCUT2D eigenvalue weighted by Crippen LogP contribution is -2.23. The summed E-state index contributed by atoms with van der Waals surface area (Å²) in [5, 5.41) is 0.686. The van der Waals surface area contributed by atoms with Crippen LogP contribution in [-0.2, 0) is 21.3 Å². The fourth-order valence-electron chi connectivity index (χ4n) is 1.80. The van der Waals surface area contributed by atoms with Gasteiger partial charge >= 0.3 is 5.97 Å². The van der Waals surface area contributed by atoms with Crippen molar-refractivity contribution in [3.05, 3.63) is 63.6 Å². The predicted molar refractivity (Wildman–Crippen MR) is 88.3 cm³/mol. The summed E-state index contributed by atoms with van der Waals surface area (Å²) >= 11 is 11.7. The Hall–Kier alpha value is -1.60. The molecule has 0 aliphatic rings. The normalized spacial score (nSPS) is 11.3. The van der Waals surface area contributed by atoms with Crippen molar-refractivity contribution in [1.29, 1.82) is 0 Å². The van der Waals surface area contributed by atoms with Crippen LogP contribution in [0.4, 0.5) is 0 Å². The minimum absolute atomic E-state index is 0.0106. The predicted octanol–water partition coefficient (Wildman–Crippen LogP) is 3.26. The molecule has 122 valence electrons. The zero-order chi connectivity index (χ0) is 17.0. The van der Waals surface area contributed by atoms with Gasteiger partial charge in [-0.3, -0.25) is 0 Å². The Morgan fingerprint density at radius 1 is 1.13 bits per heavy atom. The van der Waals surface area contributed by atoms with Gasteiger partial charge in [-0.15, -0.1) is 0 Å². The lowest BCUT2D eigenvalue weighted by molar-refractivity contribution is 0.0600. The molecule has 2 aromatic carbocycles. The van der Waals surface area contributed by atoms with Crippen molar-refractivity contribution in [3.63, 3.8) is 0 Å². The molecule has 0 aliphatic heterocycles. The average molecular weight is 374 g/mol. The maximum Gasteiger partial charge on any atom is 0.339 e. The molecule has 8 heteroatoms. The first kappa shape index (κ1) is 17.7. The third kappa shape index (κ3) is 4.45. The number of nitrogens with one attached hydrogen (secondary N) is 1. The summed E-state index contributed by atoms with van der Waals surface area (Å²) in [7, 11) is -2.61. The van der Waals surface area contributed by atoms with Crippen molar-refractivity contribution in [1.82, 2.24) is 4.72 Å². The van der Waals surface area contributed by atoms with Gasteiger partial charge in [-0.2, -0.15) is 0 Å². The van der Waals surface area contributed by atoms with E-state index in [1.807, 2.05) is 0 Å². The van der Waals surface area contributed by atoms with Crippen molar-refractivity contribution >= 4 is 39.2 Å². The molecular weight excluding hydrogens is 361 g/mol. The highest BCUT2D eigenvalue weighted by atomic mass is 35.5. The van der Waals surface area contributed by atoms with Gasteiger partial charge in [0.25, 0.3) is 0 Å². The molecule has 1 N–H and O–H groups in total. The summed E-state index contributed by atoms with van der Waals surface area (Å²) in [6.45, 7) is 0.0929. The van der Waals surface area contributed by atoms with E-state index in [0.717, 1.165) is 5.56 Å². The van der Waals surface area contributed by atoms with E-state index < -0.39 is 16.0 Å². The number of halogens is 2. The Kier molecular flexibility index (Phi) is 5.64. The Balaban J connectivity index is 2.22. The van der Waals surface area contributed by atoms with Gasteiger partial charge in [0.05, 0.1) is 22.6 Å². The van der Waals surface area contributed by atoms with Crippen LogP contribution in [-0.4, -0.2) is 21.5 Å². The van der Waals surface area contributed by atoms with E-state index in [0.29, 0.717) is 5.02 Å². The van der Waals surface area contributed by atoms with Crippen LogP contribution < -0.4 is 4.72 Å². The number of carbonyl (C=O) groups excluding carboxylic acids is 1. The number of hydrogen-bond donors (Lipinski definition) is 1. The first-order valence-electron chi connectivity index (χ1n) is 6.45. The Labute approximate surface area is 144 Å². The number of sulfonamides is 1. The monoisotopic (exact) mass is 373 g/mol. The Morgan fingerprint density at radius 3 is 2.39 bits per heavy atom. The van der Waals surface area contributed by atoms with Gasteiger partial charge in [0.1, 0.15) is 0 Å². The topological polar surface area (TPSA) is 72.5 Å². The van der Waals surface area contributed by atoms with Crippen LogP contribution in [0, 0.1) is 0 Å². The first-order chi connectivity index (χ1) is 10.8. The van der Waals surface area contributed by atoms with Crippen LogP contribution in [0.25, 0.3) is 0 Å². The summed E-state index contributed by atoms with van der Waals surface area (Å²) in [6, 6.07) is 10.6. The van der Waals surface area contributed by atoms with Gasteiger partial charge in [-0.25, -0.2) is 17.9 Å². The van der Waals surface area contributed by atoms with Gasteiger partial charge in [0.15, 0.2) is 0 Å². The SMILES string of the molecule is COC(=O)c1cc(S(=O)(=O)NCc2ccc(Cl)cc2)ccc1Cl. The van der Waals surface area contributed by atoms with Gasteiger partial charge < -0.3 is 4.74 Å². The fourth-order valence-corrected chi connectivity index (χ4v) is 3.17. The zero-order valence-corrected chi connectivity index (χ0v) is 14.4. The standard InChI is InChI=1S/C15H13Cl2NO4S/c1-22-15(19)13-8-12(6-7-14(13)17)23(20,21)18-9-10-2-4-11(16)5-3-10/h2-8,18H,9H2,1H3. The highest BCUT2D eigenvalue weighted by Crippen LogP contribution is 2.21. The molecule has 0 amide bonds. The van der Waals surface area contributed by atoms with Crippen molar-refractivity contribution in [2.24, 2.45) is 0 Å². The van der Waals surface area contributed by atoms with Crippen LogP contribution in [0.15, 0.2) is 47.4 Å². The molecule has 5 nitrogen and oxygen atoms in total. The quantitative estimate of drug-likeness (QED) is 0.816. The number of esters is 1. The Morgan fingerprint density at radius 2 is 1.78 bits per heavy atom.